The van der Waals surface area contributed by atoms with Gasteiger partial charge < -0.3 is 0 Å². The summed E-state index contributed by atoms with van der Waals surface area (Å²) in [5, 5.41) is 9.76. The SMILES string of the molecule is NS(=O)(=O)c1ccc(C(=O)CCl)c(S(N)(=O)=O)c1. The average Bonchev–Trinajstić information content (AvgIpc) is 2.24. The Morgan fingerprint density at radius 1 is 1.11 bits per heavy atom. The number of ketones is 1. The van der Waals surface area contributed by atoms with Crippen LogP contribution in [0.1, 0.15) is 10.4 Å². The van der Waals surface area contributed by atoms with Gasteiger partial charge in [0.15, 0.2) is 5.78 Å². The predicted molar refractivity (Wildman–Crippen MR) is 64.2 cm³/mol. The van der Waals surface area contributed by atoms with Crippen molar-refractivity contribution in [2.75, 3.05) is 5.88 Å². The van der Waals surface area contributed by atoms with Crippen LogP contribution in [-0.4, -0.2) is 28.5 Å². The molecular weight excluding hydrogens is 304 g/mol. The van der Waals surface area contributed by atoms with Crippen molar-refractivity contribution in [2.45, 2.75) is 9.79 Å². The molecule has 1 aromatic carbocycles. The van der Waals surface area contributed by atoms with Gasteiger partial charge in [-0.2, -0.15) is 0 Å². The fourth-order valence-electron chi connectivity index (χ4n) is 1.22. The van der Waals surface area contributed by atoms with Gasteiger partial charge in [-0.05, 0) is 18.2 Å². The molecule has 0 radical (unpaired) electrons. The molecule has 0 heterocycles. The lowest BCUT2D eigenvalue weighted by molar-refractivity contribution is 0.101. The molecule has 0 aliphatic heterocycles. The third kappa shape index (κ3) is 3.27. The smallest absolute Gasteiger partial charge is 0.238 e. The van der Waals surface area contributed by atoms with Crippen molar-refractivity contribution in [3.05, 3.63) is 23.8 Å². The van der Waals surface area contributed by atoms with Gasteiger partial charge in [0.25, 0.3) is 0 Å². The van der Waals surface area contributed by atoms with Gasteiger partial charge in [-0.3, -0.25) is 4.79 Å². The molecule has 4 N–H and O–H groups in total. The van der Waals surface area contributed by atoms with Crippen molar-refractivity contribution in [1.29, 1.82) is 0 Å². The molecule has 0 saturated carbocycles. The minimum Gasteiger partial charge on any atom is -0.293 e. The van der Waals surface area contributed by atoms with Gasteiger partial charge in [-0.25, -0.2) is 27.1 Å². The molecule has 0 saturated heterocycles. The summed E-state index contributed by atoms with van der Waals surface area (Å²) in [5.74, 6) is -1.15. The molecule has 0 atom stereocenters. The standard InChI is InChI=1S/C8H9ClN2O5S2/c9-4-7(12)6-2-1-5(17(10,13)14)3-8(6)18(11,15)16/h1-3H,4H2,(H2,10,13,14)(H2,11,15,16). The first-order valence-corrected chi connectivity index (χ1v) is 7.99. The van der Waals surface area contributed by atoms with E-state index in [4.69, 9.17) is 21.9 Å². The van der Waals surface area contributed by atoms with Crippen molar-refractivity contribution in [3.63, 3.8) is 0 Å². The molecule has 10 heteroatoms. The van der Waals surface area contributed by atoms with Crippen LogP contribution in [0.3, 0.4) is 0 Å². The second kappa shape index (κ2) is 4.94. The Hall–Kier alpha value is -1.00. The van der Waals surface area contributed by atoms with Crippen molar-refractivity contribution in [1.82, 2.24) is 0 Å². The Kier molecular flexibility index (Phi) is 4.13. The number of primary sulfonamides is 2. The van der Waals surface area contributed by atoms with E-state index in [9.17, 15) is 21.6 Å². The minimum atomic E-state index is -4.27. The van der Waals surface area contributed by atoms with E-state index < -0.39 is 41.5 Å². The van der Waals surface area contributed by atoms with E-state index in [-0.39, 0.29) is 5.56 Å². The molecule has 0 unspecified atom stereocenters. The molecule has 0 aromatic heterocycles. The molecule has 1 rings (SSSR count). The summed E-state index contributed by atoms with van der Waals surface area (Å²) in [6.07, 6.45) is 0. The van der Waals surface area contributed by atoms with Gasteiger partial charge in [-0.15, -0.1) is 11.6 Å². The molecule has 1 aromatic rings. The van der Waals surface area contributed by atoms with Gasteiger partial charge in [0.1, 0.15) is 0 Å². The van der Waals surface area contributed by atoms with Crippen LogP contribution in [0.2, 0.25) is 0 Å². The first-order chi connectivity index (χ1) is 8.07. The van der Waals surface area contributed by atoms with Crippen molar-refractivity contribution in [3.8, 4) is 0 Å². The number of halogens is 1. The van der Waals surface area contributed by atoms with Gasteiger partial charge >= 0.3 is 0 Å². The second-order valence-corrected chi connectivity index (χ2v) is 6.66. The van der Waals surface area contributed by atoms with E-state index in [1.807, 2.05) is 0 Å². The molecule has 18 heavy (non-hydrogen) atoms. The number of benzene rings is 1. The first kappa shape index (κ1) is 15.1. The van der Waals surface area contributed by atoms with Crippen molar-refractivity contribution >= 4 is 37.4 Å². The predicted octanol–water partition coefficient (Wildman–Crippen LogP) is -0.597. The molecule has 100 valence electrons. The Balaban J connectivity index is 3.65. The maximum Gasteiger partial charge on any atom is 0.238 e. The van der Waals surface area contributed by atoms with Crippen LogP contribution in [0.15, 0.2) is 28.0 Å². The number of nitrogens with two attached hydrogens (primary N) is 2. The zero-order chi connectivity index (χ0) is 14.1. The summed E-state index contributed by atoms with van der Waals surface area (Å²) < 4.78 is 44.8. The Bertz CT molecular complexity index is 696. The Labute approximate surface area is 109 Å². The lowest BCUT2D eigenvalue weighted by Gasteiger charge is -2.07. The van der Waals surface area contributed by atoms with E-state index in [1.54, 1.807) is 0 Å². The molecule has 0 spiro atoms. The lowest BCUT2D eigenvalue weighted by Crippen LogP contribution is -2.19. The van der Waals surface area contributed by atoms with Gasteiger partial charge in [0.2, 0.25) is 20.0 Å². The summed E-state index contributed by atoms with van der Waals surface area (Å²) in [7, 11) is -8.37. The summed E-state index contributed by atoms with van der Waals surface area (Å²) in [6, 6.07) is 2.73. The van der Waals surface area contributed by atoms with Crippen LogP contribution in [-0.2, 0) is 20.0 Å². The number of hydrogen-bond donors (Lipinski definition) is 2. The molecule has 0 aliphatic rings. The number of carbonyl (C=O) groups is 1. The Morgan fingerprint density at radius 2 is 1.67 bits per heavy atom. The van der Waals surface area contributed by atoms with E-state index >= 15 is 0 Å². The lowest BCUT2D eigenvalue weighted by atomic mass is 10.1. The number of hydrogen-bond acceptors (Lipinski definition) is 5. The molecule has 0 amide bonds. The van der Waals surface area contributed by atoms with E-state index in [0.717, 1.165) is 18.2 Å². The summed E-state index contributed by atoms with van der Waals surface area (Å²) in [6.45, 7) is 0. The van der Waals surface area contributed by atoms with Crippen LogP contribution in [0, 0.1) is 0 Å². The highest BCUT2D eigenvalue weighted by molar-refractivity contribution is 7.90. The van der Waals surface area contributed by atoms with E-state index in [0.29, 0.717) is 0 Å². The molecular formula is C8H9ClN2O5S2. The van der Waals surface area contributed by atoms with Crippen molar-refractivity contribution < 1.29 is 21.6 Å². The summed E-state index contributed by atoms with van der Waals surface area (Å²) in [4.78, 5) is 10.3. The largest absolute Gasteiger partial charge is 0.293 e. The highest BCUT2D eigenvalue weighted by Gasteiger charge is 2.21. The molecule has 7 nitrogen and oxygen atoms in total. The summed E-state index contributed by atoms with van der Waals surface area (Å²) in [5.41, 5.74) is -0.278. The normalized spacial score (nSPS) is 12.4. The molecule has 0 aliphatic carbocycles. The van der Waals surface area contributed by atoms with E-state index in [2.05, 4.69) is 0 Å². The number of Topliss-reactive ketones (excluding diaryl/α,β-unsaturated/α-hetero) is 1. The molecule has 0 fully saturated rings. The third-order valence-electron chi connectivity index (χ3n) is 2.01. The zero-order valence-electron chi connectivity index (χ0n) is 8.83. The van der Waals surface area contributed by atoms with Crippen LogP contribution >= 0.6 is 11.6 Å². The number of carbonyl (C=O) groups excluding carboxylic acids is 1. The number of rotatable bonds is 4. The fourth-order valence-corrected chi connectivity index (χ4v) is 2.76. The summed E-state index contributed by atoms with van der Waals surface area (Å²) >= 11 is 5.31. The maximum atomic E-state index is 11.4. The van der Waals surface area contributed by atoms with Gasteiger partial charge in [-0.1, -0.05) is 0 Å². The zero-order valence-corrected chi connectivity index (χ0v) is 11.2. The topological polar surface area (TPSA) is 137 Å². The fraction of sp³-hybridized carbons (Fsp3) is 0.125. The van der Waals surface area contributed by atoms with E-state index in [1.165, 1.54) is 0 Å². The average molecular weight is 313 g/mol. The van der Waals surface area contributed by atoms with Crippen molar-refractivity contribution in [2.24, 2.45) is 10.3 Å². The minimum absolute atomic E-state index is 0.278. The quantitative estimate of drug-likeness (QED) is 0.565. The Morgan fingerprint density at radius 3 is 2.06 bits per heavy atom. The van der Waals surface area contributed by atoms with Crippen LogP contribution in [0.25, 0.3) is 0 Å². The first-order valence-electron chi connectivity index (χ1n) is 4.36. The third-order valence-corrected chi connectivity index (χ3v) is 4.11. The monoisotopic (exact) mass is 312 g/mol. The molecule has 0 bridgehead atoms. The maximum absolute atomic E-state index is 11.4. The number of alkyl halides is 1. The number of sulfonamides is 2. The highest BCUT2D eigenvalue weighted by Crippen LogP contribution is 2.20. The highest BCUT2D eigenvalue weighted by atomic mass is 35.5. The van der Waals surface area contributed by atoms with Crippen LogP contribution < -0.4 is 10.3 Å². The second-order valence-electron chi connectivity index (χ2n) is 3.30. The van der Waals surface area contributed by atoms with Gasteiger partial charge in [0, 0.05) is 5.56 Å². The van der Waals surface area contributed by atoms with Crippen LogP contribution in [0.5, 0.6) is 0 Å². The van der Waals surface area contributed by atoms with Gasteiger partial charge in [0.05, 0.1) is 15.7 Å². The van der Waals surface area contributed by atoms with Crippen LogP contribution in [0.4, 0.5) is 0 Å².